The van der Waals surface area contributed by atoms with E-state index in [1.165, 1.54) is 37.1 Å². The average Bonchev–Trinajstić information content (AvgIpc) is 3.55. The molecule has 40 heavy (non-hydrogen) atoms. The quantitative estimate of drug-likeness (QED) is 0.279. The number of hydrogen-bond acceptors (Lipinski definition) is 9. The molecule has 0 unspecified atom stereocenters. The molecule has 0 aliphatic carbocycles. The number of ether oxygens (including phenoxy) is 2. The van der Waals surface area contributed by atoms with Crippen LogP contribution in [-0.2, 0) is 14.8 Å². The van der Waals surface area contributed by atoms with Gasteiger partial charge in [-0.2, -0.15) is 0 Å². The third-order valence-electron chi connectivity index (χ3n) is 6.12. The van der Waals surface area contributed by atoms with Crippen molar-refractivity contribution in [3.05, 3.63) is 78.0 Å². The number of pyridine rings is 1. The Hall–Kier alpha value is -4.67. The summed E-state index contributed by atoms with van der Waals surface area (Å²) in [5, 5.41) is 18.0. The lowest BCUT2D eigenvalue weighted by Gasteiger charge is -2.25. The van der Waals surface area contributed by atoms with Crippen LogP contribution in [0.3, 0.4) is 0 Å². The number of para-hydroxylation sites is 1. The molecule has 4 aromatic rings. The van der Waals surface area contributed by atoms with Crippen LogP contribution in [0.25, 0.3) is 16.9 Å². The highest BCUT2D eigenvalue weighted by Crippen LogP contribution is 2.36. The van der Waals surface area contributed by atoms with E-state index in [2.05, 4.69) is 36.4 Å². The lowest BCUT2D eigenvalue weighted by molar-refractivity contribution is 0.00444. The maximum Gasteiger partial charge on any atom is 0.243 e. The second-order valence-electron chi connectivity index (χ2n) is 9.19. The first kappa shape index (κ1) is 26.9. The number of fused-ring (bicyclic) bond motifs is 1. The van der Waals surface area contributed by atoms with Crippen LogP contribution in [0, 0.1) is 0 Å². The molecule has 2 atom stereocenters. The molecule has 1 aliphatic rings. The standard InChI is InChI=1S/C27H27N7O5S/c1-17(2)39-25(20-16-33-14-6-5-12-23(33)29-20)18(3)40(36,37)32-27-31-30-26(19-9-8-13-28-15-19)34(27)24-21(35)10-7-11-22(24)38-4/h5-7,10-18,25,35H,1-4H3,(H,31,32)/t18-,25+/m1/s1. The number of nitrogens with one attached hydrogen (secondary N) is 1. The zero-order valence-electron chi connectivity index (χ0n) is 22.2. The summed E-state index contributed by atoms with van der Waals surface area (Å²) in [5.41, 5.74) is 7.24. The summed E-state index contributed by atoms with van der Waals surface area (Å²) in [5.74, 6) is 0.0441. The van der Waals surface area contributed by atoms with Crippen LogP contribution in [0.4, 0.5) is 5.95 Å². The maximum absolute atomic E-state index is 13.9. The smallest absolute Gasteiger partial charge is 0.243 e. The third-order valence-corrected chi connectivity index (χ3v) is 7.81. The number of sulfonamides is 1. The summed E-state index contributed by atoms with van der Waals surface area (Å²) in [4.78, 5) is 8.65. The molecule has 0 spiro atoms. The van der Waals surface area contributed by atoms with Crippen molar-refractivity contribution in [1.82, 2.24) is 24.1 Å². The van der Waals surface area contributed by atoms with Crippen LogP contribution >= 0.6 is 0 Å². The number of methoxy groups -OCH3 is 1. The van der Waals surface area contributed by atoms with Crippen molar-refractivity contribution >= 4 is 33.4 Å². The molecular formula is C27H27N7O5S. The van der Waals surface area contributed by atoms with E-state index in [0.717, 1.165) is 0 Å². The van der Waals surface area contributed by atoms with Gasteiger partial charge in [0.25, 0.3) is 0 Å². The molecule has 1 aliphatic heterocycles. The molecular weight excluding hydrogens is 534 g/mol. The topological polar surface area (TPSA) is 145 Å². The van der Waals surface area contributed by atoms with Crippen molar-refractivity contribution in [3.8, 4) is 17.2 Å². The van der Waals surface area contributed by atoms with Gasteiger partial charge < -0.3 is 19.0 Å². The molecule has 0 saturated carbocycles. The first-order chi connectivity index (χ1) is 19.2. The van der Waals surface area contributed by atoms with Gasteiger partial charge in [0.15, 0.2) is 5.82 Å². The fraction of sp³-hybridized carbons (Fsp3) is 0.259. The number of hydrogen-bond donors (Lipinski definition) is 2. The zero-order chi connectivity index (χ0) is 28.4. The lowest BCUT2D eigenvalue weighted by atomic mass is 10.2. The van der Waals surface area contributed by atoms with Crippen molar-refractivity contribution in [3.63, 3.8) is 0 Å². The highest BCUT2D eigenvalue weighted by atomic mass is 32.2. The molecule has 1 aromatic carbocycles. The SMILES string of the molecule is COc1cccc(O)c1-n1c(NS(=O)(=O)[C@H](C)[C@H](OC(C)C)c2cn3ccccc3n2)nnc1C1=C=C=CN=C1. The van der Waals surface area contributed by atoms with Crippen LogP contribution in [0.15, 0.2) is 71.4 Å². The van der Waals surface area contributed by atoms with Crippen LogP contribution in [0.2, 0.25) is 0 Å². The summed E-state index contributed by atoms with van der Waals surface area (Å²) in [6.07, 6.45) is 5.27. The molecule has 12 nitrogen and oxygen atoms in total. The average molecular weight is 562 g/mol. The zero-order valence-corrected chi connectivity index (χ0v) is 23.0. The summed E-state index contributed by atoms with van der Waals surface area (Å²) >= 11 is 0. The molecule has 3 aromatic heterocycles. The van der Waals surface area contributed by atoms with Gasteiger partial charge >= 0.3 is 0 Å². The Bertz CT molecular complexity index is 1780. The molecule has 206 valence electrons. The van der Waals surface area contributed by atoms with Gasteiger partial charge in [-0.3, -0.25) is 14.3 Å². The summed E-state index contributed by atoms with van der Waals surface area (Å²) in [7, 11) is -2.75. The second kappa shape index (κ2) is 10.8. The Morgan fingerprint density at radius 1 is 1.10 bits per heavy atom. The van der Waals surface area contributed by atoms with Gasteiger partial charge in [-0.25, -0.2) is 13.4 Å². The minimum atomic E-state index is -4.18. The van der Waals surface area contributed by atoms with E-state index in [-0.39, 0.29) is 35.1 Å². The number of aliphatic imine (C=N–C) groups is 1. The Labute approximate surface area is 230 Å². The number of aromatic hydroxyl groups is 1. The molecule has 0 radical (unpaired) electrons. The van der Waals surface area contributed by atoms with Crippen molar-refractivity contribution in [2.45, 2.75) is 38.2 Å². The number of phenols is 1. The van der Waals surface area contributed by atoms with Crippen LogP contribution in [-0.4, -0.2) is 62.4 Å². The van der Waals surface area contributed by atoms with E-state index < -0.39 is 21.4 Å². The summed E-state index contributed by atoms with van der Waals surface area (Å²) < 4.78 is 44.9. The minimum absolute atomic E-state index is 0.128. The first-order valence-corrected chi connectivity index (χ1v) is 13.9. The van der Waals surface area contributed by atoms with E-state index in [1.807, 2.05) is 38.2 Å². The maximum atomic E-state index is 13.9. The Kier molecular flexibility index (Phi) is 7.29. The van der Waals surface area contributed by atoms with Gasteiger partial charge in [-0.1, -0.05) is 17.9 Å². The van der Waals surface area contributed by atoms with Gasteiger partial charge in [0, 0.05) is 18.6 Å². The molecule has 0 fully saturated rings. The molecule has 5 rings (SSSR count). The molecule has 0 saturated heterocycles. The number of nitrogens with zero attached hydrogens (tertiary/aromatic N) is 6. The monoisotopic (exact) mass is 561 g/mol. The van der Waals surface area contributed by atoms with E-state index in [1.54, 1.807) is 22.7 Å². The number of aromatic nitrogens is 5. The number of anilines is 1. The highest BCUT2D eigenvalue weighted by molar-refractivity contribution is 7.93. The third kappa shape index (κ3) is 5.14. The lowest BCUT2D eigenvalue weighted by Crippen LogP contribution is -2.34. The molecule has 2 N–H and O–H groups in total. The number of allylic oxidation sites excluding steroid dienone is 1. The molecule has 0 amide bonds. The molecule has 4 heterocycles. The van der Waals surface area contributed by atoms with Gasteiger partial charge in [0.2, 0.25) is 16.0 Å². The minimum Gasteiger partial charge on any atom is -0.506 e. The largest absolute Gasteiger partial charge is 0.506 e. The first-order valence-electron chi connectivity index (χ1n) is 12.4. The normalized spacial score (nSPS) is 14.5. The second-order valence-corrected chi connectivity index (χ2v) is 11.2. The van der Waals surface area contributed by atoms with Gasteiger partial charge in [0.1, 0.15) is 34.2 Å². The fourth-order valence-corrected chi connectivity index (χ4v) is 5.33. The molecule has 0 bridgehead atoms. The van der Waals surface area contributed by atoms with Gasteiger partial charge in [-0.05, 0) is 50.8 Å². The summed E-state index contributed by atoms with van der Waals surface area (Å²) in [6.45, 7) is 5.18. The van der Waals surface area contributed by atoms with Crippen LogP contribution < -0.4 is 9.46 Å². The Morgan fingerprint density at radius 2 is 1.93 bits per heavy atom. The summed E-state index contributed by atoms with van der Waals surface area (Å²) in [6, 6.07) is 10.2. The van der Waals surface area contributed by atoms with Crippen molar-refractivity contribution in [1.29, 1.82) is 0 Å². The predicted molar refractivity (Wildman–Crippen MR) is 149 cm³/mol. The van der Waals surface area contributed by atoms with Crippen molar-refractivity contribution in [2.24, 2.45) is 4.99 Å². The molecule has 13 heteroatoms. The van der Waals surface area contributed by atoms with E-state index in [9.17, 15) is 13.5 Å². The van der Waals surface area contributed by atoms with Crippen molar-refractivity contribution in [2.75, 3.05) is 11.8 Å². The van der Waals surface area contributed by atoms with Crippen LogP contribution in [0.5, 0.6) is 11.5 Å². The number of benzene rings is 1. The van der Waals surface area contributed by atoms with E-state index in [0.29, 0.717) is 16.9 Å². The van der Waals surface area contributed by atoms with Crippen LogP contribution in [0.1, 0.15) is 38.4 Å². The van der Waals surface area contributed by atoms with E-state index in [4.69, 9.17) is 9.47 Å². The van der Waals surface area contributed by atoms with Gasteiger partial charge in [-0.15, -0.1) is 10.2 Å². The fourth-order valence-electron chi connectivity index (χ4n) is 4.23. The number of imidazole rings is 1. The highest BCUT2D eigenvalue weighted by Gasteiger charge is 2.36. The number of phenolic OH excluding ortho intramolecular Hbond substituents is 1. The Morgan fingerprint density at radius 3 is 2.62 bits per heavy atom. The predicted octanol–water partition coefficient (Wildman–Crippen LogP) is 3.66. The van der Waals surface area contributed by atoms with E-state index >= 15 is 0 Å². The Balaban J connectivity index is 1.59. The van der Waals surface area contributed by atoms with Gasteiger partial charge in [0.05, 0.1) is 30.7 Å². The van der Waals surface area contributed by atoms with Crippen molar-refractivity contribution < 1.29 is 23.0 Å². The number of rotatable bonds is 10.